The maximum atomic E-state index is 11.8. The molecule has 0 aliphatic heterocycles. The first-order valence-electron chi connectivity index (χ1n) is 11.0. The van der Waals surface area contributed by atoms with E-state index >= 15 is 0 Å². The van der Waals surface area contributed by atoms with Crippen LogP contribution in [0.3, 0.4) is 0 Å². The molecule has 1 aromatic carbocycles. The Bertz CT molecular complexity index is 529. The summed E-state index contributed by atoms with van der Waals surface area (Å²) in [5.41, 5.74) is 2.70. The maximum Gasteiger partial charge on any atom is 0.311 e. The van der Waals surface area contributed by atoms with Crippen molar-refractivity contribution >= 4 is 5.97 Å². The van der Waals surface area contributed by atoms with Gasteiger partial charge in [0.1, 0.15) is 0 Å². The molecule has 0 bridgehead atoms. The highest BCUT2D eigenvalue weighted by Crippen LogP contribution is 2.37. The van der Waals surface area contributed by atoms with Crippen LogP contribution in [0.1, 0.15) is 88.7 Å². The van der Waals surface area contributed by atoms with Crippen molar-refractivity contribution in [1.29, 1.82) is 0 Å². The van der Waals surface area contributed by atoms with Gasteiger partial charge in [0.2, 0.25) is 0 Å². The zero-order valence-corrected chi connectivity index (χ0v) is 17.3. The van der Waals surface area contributed by atoms with Crippen molar-refractivity contribution in [1.82, 2.24) is 0 Å². The topological polar surface area (TPSA) is 46.5 Å². The van der Waals surface area contributed by atoms with Gasteiger partial charge in [-0.05, 0) is 68.4 Å². The molecule has 27 heavy (non-hydrogen) atoms. The number of carbonyl (C=O) groups excluding carboxylic acids is 1. The van der Waals surface area contributed by atoms with E-state index in [2.05, 4.69) is 31.2 Å². The fraction of sp³-hybridized carbons (Fsp3) is 0.708. The highest BCUT2D eigenvalue weighted by molar-refractivity contribution is 5.72. The van der Waals surface area contributed by atoms with E-state index in [1.165, 1.54) is 62.5 Å². The number of aliphatic hydroxyl groups excluding tert-OH is 1. The summed E-state index contributed by atoms with van der Waals surface area (Å²) in [7, 11) is 0. The van der Waals surface area contributed by atoms with Crippen LogP contribution in [-0.2, 0) is 16.0 Å². The molecule has 0 heterocycles. The number of hydrogen-bond acceptors (Lipinski definition) is 3. The molecular formula is C24H38O3. The Kier molecular flexibility index (Phi) is 9.90. The van der Waals surface area contributed by atoms with Gasteiger partial charge in [-0.25, -0.2) is 0 Å². The predicted octanol–water partition coefficient (Wildman–Crippen LogP) is 5.64. The summed E-state index contributed by atoms with van der Waals surface area (Å²) in [6.07, 6.45) is 12.4. The second-order valence-corrected chi connectivity index (χ2v) is 8.13. The van der Waals surface area contributed by atoms with E-state index in [1.807, 2.05) is 0 Å². The zero-order valence-electron chi connectivity index (χ0n) is 17.3. The number of aryl methyl sites for hydroxylation is 1. The molecule has 1 aromatic rings. The van der Waals surface area contributed by atoms with E-state index < -0.39 is 5.92 Å². The third kappa shape index (κ3) is 7.29. The summed E-state index contributed by atoms with van der Waals surface area (Å²) < 4.78 is 5.02. The summed E-state index contributed by atoms with van der Waals surface area (Å²) in [4.78, 5) is 11.8. The third-order valence-corrected chi connectivity index (χ3v) is 6.14. The van der Waals surface area contributed by atoms with Crippen molar-refractivity contribution in [3.05, 3.63) is 35.4 Å². The Labute approximate surface area is 165 Å². The highest BCUT2D eigenvalue weighted by Gasteiger charge is 2.22. The molecule has 2 rings (SSSR count). The number of benzene rings is 1. The van der Waals surface area contributed by atoms with Crippen LogP contribution in [0.5, 0.6) is 0 Å². The molecular weight excluding hydrogens is 336 g/mol. The normalized spacial score (nSPS) is 21.0. The van der Waals surface area contributed by atoms with Gasteiger partial charge in [0, 0.05) is 0 Å². The van der Waals surface area contributed by atoms with Crippen molar-refractivity contribution in [3.8, 4) is 0 Å². The molecule has 1 unspecified atom stereocenters. The average Bonchev–Trinajstić information content (AvgIpc) is 2.70. The third-order valence-electron chi connectivity index (χ3n) is 6.14. The van der Waals surface area contributed by atoms with Crippen LogP contribution in [0.25, 0.3) is 0 Å². The summed E-state index contributed by atoms with van der Waals surface area (Å²) in [6.45, 7) is 4.30. The van der Waals surface area contributed by atoms with E-state index in [4.69, 9.17) is 4.74 Å². The van der Waals surface area contributed by atoms with Crippen molar-refractivity contribution < 1.29 is 14.6 Å². The molecule has 0 spiro atoms. The van der Waals surface area contributed by atoms with E-state index in [0.29, 0.717) is 18.9 Å². The monoisotopic (exact) mass is 374 g/mol. The van der Waals surface area contributed by atoms with Gasteiger partial charge in [-0.15, -0.1) is 0 Å². The van der Waals surface area contributed by atoms with Gasteiger partial charge in [-0.1, -0.05) is 56.9 Å². The van der Waals surface area contributed by atoms with Crippen LogP contribution in [0.2, 0.25) is 0 Å². The van der Waals surface area contributed by atoms with Crippen LogP contribution in [0.15, 0.2) is 24.3 Å². The van der Waals surface area contributed by atoms with E-state index in [9.17, 15) is 9.90 Å². The minimum absolute atomic E-state index is 0.140. The Hall–Kier alpha value is -1.35. The molecule has 1 N–H and O–H groups in total. The lowest BCUT2D eigenvalue weighted by Crippen LogP contribution is -2.21. The molecule has 3 nitrogen and oxygen atoms in total. The minimum Gasteiger partial charge on any atom is -0.466 e. The van der Waals surface area contributed by atoms with Gasteiger partial charge in [0.25, 0.3) is 0 Å². The SMILES string of the molecule is CCCCCC1CCC(c2ccc(CCC(CO)C(=O)OCC)cc2)CC1. The molecule has 0 aromatic heterocycles. The smallest absolute Gasteiger partial charge is 0.311 e. The largest absolute Gasteiger partial charge is 0.466 e. The van der Waals surface area contributed by atoms with Gasteiger partial charge < -0.3 is 9.84 Å². The van der Waals surface area contributed by atoms with Crippen molar-refractivity contribution in [2.75, 3.05) is 13.2 Å². The summed E-state index contributed by atoms with van der Waals surface area (Å²) in [6, 6.07) is 8.94. The molecule has 1 saturated carbocycles. The number of rotatable bonds is 11. The lowest BCUT2D eigenvalue weighted by atomic mass is 9.77. The lowest BCUT2D eigenvalue weighted by Gasteiger charge is -2.29. The van der Waals surface area contributed by atoms with Crippen LogP contribution >= 0.6 is 0 Å². The van der Waals surface area contributed by atoms with E-state index in [1.54, 1.807) is 6.92 Å². The van der Waals surface area contributed by atoms with Crippen LogP contribution < -0.4 is 0 Å². The molecule has 0 amide bonds. The second kappa shape index (κ2) is 12.2. The van der Waals surface area contributed by atoms with Crippen molar-refractivity contribution in [2.24, 2.45) is 11.8 Å². The molecule has 0 saturated heterocycles. The lowest BCUT2D eigenvalue weighted by molar-refractivity contribution is -0.149. The number of hydrogen-bond donors (Lipinski definition) is 1. The quantitative estimate of drug-likeness (QED) is 0.402. The van der Waals surface area contributed by atoms with Gasteiger partial charge in [0.15, 0.2) is 0 Å². The molecule has 1 fully saturated rings. The molecule has 152 valence electrons. The number of carbonyl (C=O) groups is 1. The number of esters is 1. The van der Waals surface area contributed by atoms with Crippen molar-refractivity contribution in [2.45, 2.75) is 84.0 Å². The molecule has 3 heteroatoms. The number of unbranched alkanes of at least 4 members (excludes halogenated alkanes) is 2. The maximum absolute atomic E-state index is 11.8. The minimum atomic E-state index is -0.410. The predicted molar refractivity (Wildman–Crippen MR) is 111 cm³/mol. The van der Waals surface area contributed by atoms with E-state index in [-0.39, 0.29) is 12.6 Å². The zero-order chi connectivity index (χ0) is 19.5. The fourth-order valence-corrected chi connectivity index (χ4v) is 4.31. The standard InChI is InChI=1S/C24H38O3/c1-3-5-6-7-19-8-13-21(14-9-19)22-15-10-20(11-16-22)12-17-23(18-25)24(26)27-4-2/h10-11,15-16,19,21,23,25H,3-9,12-14,17-18H2,1-2H3. The van der Waals surface area contributed by atoms with Crippen molar-refractivity contribution in [3.63, 3.8) is 0 Å². The summed E-state index contributed by atoms with van der Waals surface area (Å²) in [5.74, 6) is 0.969. The Balaban J connectivity index is 1.77. The van der Waals surface area contributed by atoms with Gasteiger partial charge >= 0.3 is 5.97 Å². The molecule has 1 aliphatic rings. The van der Waals surface area contributed by atoms with Gasteiger partial charge in [0.05, 0.1) is 19.1 Å². The number of ether oxygens (including phenoxy) is 1. The molecule has 0 radical (unpaired) electrons. The first-order chi connectivity index (χ1) is 13.2. The molecule has 1 atom stereocenters. The fourth-order valence-electron chi connectivity index (χ4n) is 4.31. The first-order valence-corrected chi connectivity index (χ1v) is 11.0. The summed E-state index contributed by atoms with van der Waals surface area (Å²) in [5, 5.41) is 9.40. The second-order valence-electron chi connectivity index (χ2n) is 8.13. The summed E-state index contributed by atoms with van der Waals surface area (Å²) >= 11 is 0. The van der Waals surface area contributed by atoms with Crippen LogP contribution in [-0.4, -0.2) is 24.3 Å². The van der Waals surface area contributed by atoms with E-state index in [0.717, 1.165) is 12.3 Å². The number of aliphatic hydroxyl groups is 1. The van der Waals surface area contributed by atoms with Gasteiger partial charge in [-0.3, -0.25) is 4.79 Å². The average molecular weight is 375 g/mol. The Morgan fingerprint density at radius 1 is 1.11 bits per heavy atom. The molecule has 1 aliphatic carbocycles. The highest BCUT2D eigenvalue weighted by atomic mass is 16.5. The Morgan fingerprint density at radius 2 is 1.81 bits per heavy atom. The van der Waals surface area contributed by atoms with Crippen LogP contribution in [0, 0.1) is 11.8 Å². The Morgan fingerprint density at radius 3 is 2.41 bits per heavy atom. The first kappa shape index (κ1) is 21.9. The van der Waals surface area contributed by atoms with Gasteiger partial charge in [-0.2, -0.15) is 0 Å². The van der Waals surface area contributed by atoms with Crippen LogP contribution in [0.4, 0.5) is 0 Å².